The van der Waals surface area contributed by atoms with Crippen LogP contribution in [0.1, 0.15) is 18.5 Å². The predicted molar refractivity (Wildman–Crippen MR) is 102 cm³/mol. The van der Waals surface area contributed by atoms with Gasteiger partial charge in [-0.2, -0.15) is 5.10 Å². The van der Waals surface area contributed by atoms with Crippen molar-refractivity contribution in [2.75, 3.05) is 7.11 Å². The number of rotatable bonds is 6. The number of nitrogens with one attached hydrogen (secondary N) is 2. The number of aromatic nitrogens is 3. The maximum absolute atomic E-state index is 13.4. The van der Waals surface area contributed by atoms with Crippen LogP contribution >= 0.6 is 12.2 Å². The van der Waals surface area contributed by atoms with Crippen molar-refractivity contribution in [2.24, 2.45) is 0 Å². The van der Waals surface area contributed by atoms with Crippen LogP contribution in [0.2, 0.25) is 0 Å². The maximum Gasteiger partial charge on any atom is 0.240 e. The fourth-order valence-corrected chi connectivity index (χ4v) is 2.92. The Balaban J connectivity index is 1.76. The van der Waals surface area contributed by atoms with Gasteiger partial charge in [0.2, 0.25) is 5.91 Å². The Hall–Kier alpha value is -3.07. The largest absolute Gasteiger partial charge is 0.497 e. The highest BCUT2D eigenvalue weighted by atomic mass is 32.1. The molecule has 9 heteroatoms. The summed E-state index contributed by atoms with van der Waals surface area (Å²) in [4.78, 5) is 12.5. The van der Waals surface area contributed by atoms with Gasteiger partial charge in [0.05, 0.1) is 13.2 Å². The molecular formula is C19H18F2N4O2S. The standard InChI is InChI=1S/C19H18F2N4O2S/c1-11(13-5-8-15(20)16(21)9-13)22-17(26)10-25-18(23-24-19(25)28)12-3-6-14(27-2)7-4-12/h3-9,11H,10H2,1-2H3,(H,22,26)(H,24,28). The molecule has 0 aliphatic carbocycles. The fourth-order valence-electron chi connectivity index (χ4n) is 2.72. The summed E-state index contributed by atoms with van der Waals surface area (Å²) < 4.78 is 33.5. The Kier molecular flexibility index (Phi) is 5.84. The third kappa shape index (κ3) is 4.25. The third-order valence-electron chi connectivity index (χ3n) is 4.23. The van der Waals surface area contributed by atoms with Gasteiger partial charge < -0.3 is 10.1 Å². The molecule has 0 radical (unpaired) electrons. The molecule has 1 unspecified atom stereocenters. The highest BCUT2D eigenvalue weighted by Crippen LogP contribution is 2.21. The van der Waals surface area contributed by atoms with Crippen LogP contribution in [0, 0.1) is 16.4 Å². The number of benzene rings is 2. The lowest BCUT2D eigenvalue weighted by Gasteiger charge is -2.15. The molecule has 2 aromatic carbocycles. The lowest BCUT2D eigenvalue weighted by molar-refractivity contribution is -0.122. The van der Waals surface area contributed by atoms with E-state index in [2.05, 4.69) is 15.5 Å². The molecule has 3 rings (SSSR count). The molecule has 1 atom stereocenters. The van der Waals surface area contributed by atoms with E-state index in [1.54, 1.807) is 30.7 Å². The lowest BCUT2D eigenvalue weighted by atomic mass is 10.1. The van der Waals surface area contributed by atoms with E-state index < -0.39 is 17.7 Å². The van der Waals surface area contributed by atoms with Crippen LogP contribution in [0.15, 0.2) is 42.5 Å². The fraction of sp³-hybridized carbons (Fsp3) is 0.211. The van der Waals surface area contributed by atoms with Gasteiger partial charge in [-0.25, -0.2) is 8.78 Å². The van der Waals surface area contributed by atoms with Crippen molar-refractivity contribution < 1.29 is 18.3 Å². The van der Waals surface area contributed by atoms with Crippen molar-refractivity contribution in [1.82, 2.24) is 20.1 Å². The molecule has 0 bridgehead atoms. The van der Waals surface area contributed by atoms with E-state index >= 15 is 0 Å². The van der Waals surface area contributed by atoms with Crippen molar-refractivity contribution in [2.45, 2.75) is 19.5 Å². The van der Waals surface area contributed by atoms with Gasteiger partial charge >= 0.3 is 0 Å². The summed E-state index contributed by atoms with van der Waals surface area (Å²) in [5.74, 6) is -1.04. The van der Waals surface area contributed by atoms with Gasteiger partial charge in [0.25, 0.3) is 0 Å². The molecule has 0 saturated heterocycles. The number of halogens is 2. The molecular weight excluding hydrogens is 386 g/mol. The molecule has 1 amide bonds. The highest BCUT2D eigenvalue weighted by Gasteiger charge is 2.16. The second kappa shape index (κ2) is 8.30. The Morgan fingerprint density at radius 1 is 1.25 bits per heavy atom. The second-order valence-corrected chi connectivity index (χ2v) is 6.52. The summed E-state index contributed by atoms with van der Waals surface area (Å²) in [5, 5.41) is 9.62. The summed E-state index contributed by atoms with van der Waals surface area (Å²) in [6.07, 6.45) is 0. The van der Waals surface area contributed by atoms with Crippen molar-refractivity contribution >= 4 is 18.1 Å². The SMILES string of the molecule is COc1ccc(-c2n[nH]c(=S)n2CC(=O)NC(C)c2ccc(F)c(F)c2)cc1. The number of hydrogen-bond acceptors (Lipinski definition) is 4. The Bertz CT molecular complexity index is 1050. The zero-order valence-electron chi connectivity index (χ0n) is 15.2. The second-order valence-electron chi connectivity index (χ2n) is 6.13. The van der Waals surface area contributed by atoms with E-state index in [0.717, 1.165) is 17.7 Å². The van der Waals surface area contributed by atoms with Crippen molar-refractivity contribution in [3.63, 3.8) is 0 Å². The van der Waals surface area contributed by atoms with Gasteiger partial charge in [-0.05, 0) is 61.1 Å². The topological polar surface area (TPSA) is 71.9 Å². The smallest absolute Gasteiger partial charge is 0.240 e. The van der Waals surface area contributed by atoms with E-state index in [1.807, 2.05) is 12.1 Å². The minimum Gasteiger partial charge on any atom is -0.497 e. The van der Waals surface area contributed by atoms with Gasteiger partial charge in [-0.1, -0.05) is 6.07 Å². The Labute approximate surface area is 165 Å². The number of amides is 1. The van der Waals surface area contributed by atoms with Gasteiger partial charge in [0.15, 0.2) is 22.2 Å². The van der Waals surface area contributed by atoms with Gasteiger partial charge in [0.1, 0.15) is 12.3 Å². The minimum atomic E-state index is -0.961. The summed E-state index contributed by atoms with van der Waals surface area (Å²) in [5.41, 5.74) is 1.22. The van der Waals surface area contributed by atoms with Crippen LogP contribution < -0.4 is 10.1 Å². The molecule has 0 saturated carbocycles. The van der Waals surface area contributed by atoms with Crippen LogP contribution in [-0.4, -0.2) is 27.8 Å². The van der Waals surface area contributed by atoms with E-state index in [0.29, 0.717) is 21.9 Å². The normalized spacial score (nSPS) is 11.9. The molecule has 0 spiro atoms. The van der Waals surface area contributed by atoms with Crippen molar-refractivity contribution in [3.8, 4) is 17.1 Å². The molecule has 1 aromatic heterocycles. The first-order valence-electron chi connectivity index (χ1n) is 8.43. The first-order chi connectivity index (χ1) is 13.4. The number of carbonyl (C=O) groups is 1. The summed E-state index contributed by atoms with van der Waals surface area (Å²) in [6, 6.07) is 10.2. The number of nitrogens with zero attached hydrogens (tertiary/aromatic N) is 2. The molecule has 0 aliphatic rings. The zero-order valence-corrected chi connectivity index (χ0v) is 16.0. The summed E-state index contributed by atoms with van der Waals surface area (Å²) in [6.45, 7) is 1.61. The van der Waals surface area contributed by atoms with Crippen LogP contribution in [0.25, 0.3) is 11.4 Å². The van der Waals surface area contributed by atoms with Crippen LogP contribution in [0.5, 0.6) is 5.75 Å². The zero-order chi connectivity index (χ0) is 20.3. The molecule has 2 N–H and O–H groups in total. The van der Waals surface area contributed by atoms with Gasteiger partial charge in [-0.3, -0.25) is 14.5 Å². The van der Waals surface area contributed by atoms with Gasteiger partial charge in [-0.15, -0.1) is 0 Å². The summed E-state index contributed by atoms with van der Waals surface area (Å²) >= 11 is 5.23. The molecule has 28 heavy (non-hydrogen) atoms. The number of methoxy groups -OCH3 is 1. The molecule has 6 nitrogen and oxygen atoms in total. The van der Waals surface area contributed by atoms with E-state index in [1.165, 1.54) is 6.07 Å². The third-order valence-corrected chi connectivity index (χ3v) is 4.54. The van der Waals surface area contributed by atoms with Crippen LogP contribution in [-0.2, 0) is 11.3 Å². The number of carbonyl (C=O) groups excluding carboxylic acids is 1. The Morgan fingerprint density at radius 3 is 2.61 bits per heavy atom. The average molecular weight is 404 g/mol. The number of hydrogen-bond donors (Lipinski definition) is 2. The highest BCUT2D eigenvalue weighted by molar-refractivity contribution is 7.71. The molecule has 0 fully saturated rings. The van der Waals surface area contributed by atoms with Crippen molar-refractivity contribution in [1.29, 1.82) is 0 Å². The molecule has 3 aromatic rings. The molecule has 146 valence electrons. The quantitative estimate of drug-likeness (QED) is 0.614. The number of ether oxygens (including phenoxy) is 1. The lowest BCUT2D eigenvalue weighted by Crippen LogP contribution is -2.30. The minimum absolute atomic E-state index is 0.0787. The van der Waals surface area contributed by atoms with Crippen LogP contribution in [0.3, 0.4) is 0 Å². The number of aromatic amines is 1. The van der Waals surface area contributed by atoms with E-state index in [9.17, 15) is 13.6 Å². The van der Waals surface area contributed by atoms with Crippen LogP contribution in [0.4, 0.5) is 8.78 Å². The first-order valence-corrected chi connectivity index (χ1v) is 8.84. The average Bonchev–Trinajstić information content (AvgIpc) is 3.04. The summed E-state index contributed by atoms with van der Waals surface area (Å²) in [7, 11) is 1.57. The molecule has 0 aliphatic heterocycles. The monoisotopic (exact) mass is 404 g/mol. The Morgan fingerprint density at radius 2 is 1.96 bits per heavy atom. The molecule has 1 heterocycles. The van der Waals surface area contributed by atoms with Gasteiger partial charge in [0, 0.05) is 5.56 Å². The maximum atomic E-state index is 13.4. The number of H-pyrrole nitrogens is 1. The van der Waals surface area contributed by atoms with Crippen molar-refractivity contribution in [3.05, 3.63) is 64.4 Å². The van der Waals surface area contributed by atoms with E-state index in [4.69, 9.17) is 17.0 Å². The first kappa shape index (κ1) is 19.7. The predicted octanol–water partition coefficient (Wildman–Crippen LogP) is 3.77. The van der Waals surface area contributed by atoms with E-state index in [-0.39, 0.29) is 12.5 Å².